The lowest BCUT2D eigenvalue weighted by molar-refractivity contribution is 0.318. The van der Waals surface area contributed by atoms with Crippen molar-refractivity contribution in [1.82, 2.24) is 9.62 Å². The molecule has 3 rings (SSSR count). The van der Waals surface area contributed by atoms with Crippen LogP contribution in [0.15, 0.2) is 58.2 Å². The number of likely N-dealkylation sites (tertiary alicyclic amines) is 1. The third kappa shape index (κ3) is 3.40. The van der Waals surface area contributed by atoms with Crippen molar-refractivity contribution in [1.29, 1.82) is 0 Å². The summed E-state index contributed by atoms with van der Waals surface area (Å²) < 4.78 is 32.2. The van der Waals surface area contributed by atoms with E-state index in [-0.39, 0.29) is 17.1 Å². The largest absolute Gasteiger partial charge is 0.452 e. The Morgan fingerprint density at radius 2 is 1.95 bits per heavy atom. The summed E-state index contributed by atoms with van der Waals surface area (Å²) in [5, 5.41) is -0.0267. The Kier molecular flexibility index (Phi) is 4.33. The number of sulfonamides is 1. The highest BCUT2D eigenvalue weighted by molar-refractivity contribution is 7.89. The maximum atomic E-state index is 12.2. The van der Waals surface area contributed by atoms with E-state index in [2.05, 4.69) is 28.7 Å². The second-order valence-electron chi connectivity index (χ2n) is 5.82. The molecule has 0 bridgehead atoms. The fraction of sp³-hybridized carbons (Fsp3) is 0.375. The number of rotatable bonds is 5. The predicted molar refractivity (Wildman–Crippen MR) is 83.7 cm³/mol. The maximum absolute atomic E-state index is 12.2. The van der Waals surface area contributed by atoms with Crippen molar-refractivity contribution in [2.75, 3.05) is 13.1 Å². The fourth-order valence-corrected chi connectivity index (χ4v) is 4.13. The summed E-state index contributed by atoms with van der Waals surface area (Å²) in [6.45, 7) is 4.49. The molecular formula is C16H20N2O3S. The fourth-order valence-electron chi connectivity index (χ4n) is 2.87. The van der Waals surface area contributed by atoms with E-state index < -0.39 is 10.0 Å². The molecule has 1 fully saturated rings. The summed E-state index contributed by atoms with van der Waals surface area (Å²) in [7, 11) is -3.57. The van der Waals surface area contributed by atoms with Crippen LogP contribution in [0, 0.1) is 5.92 Å². The summed E-state index contributed by atoms with van der Waals surface area (Å²) in [6, 6.07) is 13.2. The van der Waals surface area contributed by atoms with Gasteiger partial charge in [0.05, 0.1) is 6.26 Å². The number of nitrogens with zero attached hydrogens (tertiary/aromatic N) is 1. The van der Waals surface area contributed by atoms with Gasteiger partial charge >= 0.3 is 0 Å². The molecule has 2 heterocycles. The lowest BCUT2D eigenvalue weighted by atomic mass is 10.1. The van der Waals surface area contributed by atoms with E-state index in [1.807, 2.05) is 18.2 Å². The van der Waals surface area contributed by atoms with Gasteiger partial charge in [0, 0.05) is 25.7 Å². The highest BCUT2D eigenvalue weighted by atomic mass is 32.2. The van der Waals surface area contributed by atoms with E-state index in [1.165, 1.54) is 17.9 Å². The molecule has 1 saturated heterocycles. The number of hydrogen-bond donors (Lipinski definition) is 1. The molecule has 1 aromatic heterocycles. The Labute approximate surface area is 131 Å². The first-order valence-corrected chi connectivity index (χ1v) is 8.85. The Balaban J connectivity index is 1.64. The molecule has 22 heavy (non-hydrogen) atoms. The van der Waals surface area contributed by atoms with Crippen LogP contribution < -0.4 is 4.72 Å². The van der Waals surface area contributed by atoms with Crippen molar-refractivity contribution in [3.8, 4) is 0 Å². The number of furan rings is 1. The number of nitrogens with one attached hydrogen (secondary N) is 1. The second kappa shape index (κ2) is 6.24. The van der Waals surface area contributed by atoms with Crippen molar-refractivity contribution >= 4 is 10.0 Å². The minimum absolute atomic E-state index is 0.0267. The van der Waals surface area contributed by atoms with Gasteiger partial charge in [0.25, 0.3) is 10.0 Å². The first-order valence-electron chi connectivity index (χ1n) is 7.37. The minimum atomic E-state index is -3.57. The van der Waals surface area contributed by atoms with E-state index in [0.717, 1.165) is 13.1 Å². The zero-order chi connectivity index (χ0) is 15.6. The van der Waals surface area contributed by atoms with Crippen LogP contribution in [-0.4, -0.2) is 32.4 Å². The first-order chi connectivity index (χ1) is 10.5. The van der Waals surface area contributed by atoms with E-state index in [9.17, 15) is 8.42 Å². The van der Waals surface area contributed by atoms with Crippen LogP contribution in [0.3, 0.4) is 0 Å². The van der Waals surface area contributed by atoms with Gasteiger partial charge in [-0.15, -0.1) is 0 Å². The molecule has 1 N–H and O–H groups in total. The average molecular weight is 320 g/mol. The molecule has 0 spiro atoms. The van der Waals surface area contributed by atoms with Crippen molar-refractivity contribution in [3.63, 3.8) is 0 Å². The van der Waals surface area contributed by atoms with Gasteiger partial charge in [0.15, 0.2) is 0 Å². The third-order valence-corrected chi connectivity index (χ3v) is 5.38. The normalized spacial score (nSPS) is 23.0. The Morgan fingerprint density at radius 1 is 1.18 bits per heavy atom. The van der Waals surface area contributed by atoms with Gasteiger partial charge in [0.2, 0.25) is 5.09 Å². The SMILES string of the molecule is C[C@@H]1CN(Cc2ccccc2)C[C@H]1NS(=O)(=O)c1ccco1. The summed E-state index contributed by atoms with van der Waals surface area (Å²) in [4.78, 5) is 2.27. The van der Waals surface area contributed by atoms with Crippen molar-refractivity contribution in [2.45, 2.75) is 24.6 Å². The van der Waals surface area contributed by atoms with E-state index in [1.54, 1.807) is 6.07 Å². The molecule has 0 unspecified atom stereocenters. The van der Waals surface area contributed by atoms with E-state index in [4.69, 9.17) is 4.42 Å². The van der Waals surface area contributed by atoms with Crippen molar-refractivity contribution in [2.24, 2.45) is 5.92 Å². The van der Waals surface area contributed by atoms with Gasteiger partial charge in [-0.2, -0.15) is 0 Å². The maximum Gasteiger partial charge on any atom is 0.274 e. The van der Waals surface area contributed by atoms with Gasteiger partial charge in [-0.1, -0.05) is 37.3 Å². The topological polar surface area (TPSA) is 62.6 Å². The summed E-state index contributed by atoms with van der Waals surface area (Å²) in [5.41, 5.74) is 1.24. The van der Waals surface area contributed by atoms with Crippen LogP contribution >= 0.6 is 0 Å². The molecule has 1 aliphatic heterocycles. The second-order valence-corrected chi connectivity index (χ2v) is 7.46. The standard InChI is InChI=1S/C16H20N2O3S/c1-13-10-18(11-14-6-3-2-4-7-14)12-15(13)17-22(19,20)16-8-5-9-21-16/h2-9,13,15,17H,10-12H2,1H3/t13-,15-/m1/s1. The summed E-state index contributed by atoms with van der Waals surface area (Å²) in [5.74, 6) is 0.258. The van der Waals surface area contributed by atoms with Crippen LogP contribution in [0.25, 0.3) is 0 Å². The minimum Gasteiger partial charge on any atom is -0.452 e. The summed E-state index contributed by atoms with van der Waals surface area (Å²) >= 11 is 0. The lowest BCUT2D eigenvalue weighted by Gasteiger charge is -2.16. The monoisotopic (exact) mass is 320 g/mol. The van der Waals surface area contributed by atoms with Gasteiger partial charge in [0.1, 0.15) is 0 Å². The average Bonchev–Trinajstić information content (AvgIpc) is 3.11. The van der Waals surface area contributed by atoms with Gasteiger partial charge < -0.3 is 4.42 Å². The molecule has 2 aromatic rings. The molecule has 0 radical (unpaired) electrons. The van der Waals surface area contributed by atoms with E-state index >= 15 is 0 Å². The van der Waals surface area contributed by atoms with Crippen LogP contribution in [-0.2, 0) is 16.6 Å². The molecule has 6 heteroatoms. The highest BCUT2D eigenvalue weighted by Crippen LogP contribution is 2.21. The highest BCUT2D eigenvalue weighted by Gasteiger charge is 2.33. The van der Waals surface area contributed by atoms with Gasteiger partial charge in [-0.3, -0.25) is 4.90 Å². The predicted octanol–water partition coefficient (Wildman–Crippen LogP) is 2.08. The molecule has 0 saturated carbocycles. The molecule has 0 amide bonds. The Morgan fingerprint density at radius 3 is 2.64 bits per heavy atom. The Bertz CT molecular complexity index is 698. The van der Waals surface area contributed by atoms with Crippen molar-refractivity contribution in [3.05, 3.63) is 54.3 Å². The van der Waals surface area contributed by atoms with E-state index in [0.29, 0.717) is 6.54 Å². The molecule has 0 aliphatic carbocycles. The lowest BCUT2D eigenvalue weighted by Crippen LogP contribution is -2.39. The number of benzene rings is 1. The zero-order valence-electron chi connectivity index (χ0n) is 12.5. The Hall–Kier alpha value is -1.63. The van der Waals surface area contributed by atoms with Crippen LogP contribution in [0.1, 0.15) is 12.5 Å². The molecule has 2 atom stereocenters. The van der Waals surface area contributed by atoms with Gasteiger partial charge in [-0.05, 0) is 23.6 Å². The van der Waals surface area contributed by atoms with Crippen LogP contribution in [0.4, 0.5) is 0 Å². The molecule has 5 nitrogen and oxygen atoms in total. The van der Waals surface area contributed by atoms with Crippen molar-refractivity contribution < 1.29 is 12.8 Å². The molecule has 1 aliphatic rings. The zero-order valence-corrected chi connectivity index (χ0v) is 13.3. The van der Waals surface area contributed by atoms with Crippen LogP contribution in [0.2, 0.25) is 0 Å². The first kappa shape index (κ1) is 15.3. The quantitative estimate of drug-likeness (QED) is 0.916. The number of hydrogen-bond acceptors (Lipinski definition) is 4. The van der Waals surface area contributed by atoms with Gasteiger partial charge in [-0.25, -0.2) is 13.1 Å². The smallest absolute Gasteiger partial charge is 0.274 e. The molecular weight excluding hydrogens is 300 g/mol. The van der Waals surface area contributed by atoms with Crippen LogP contribution in [0.5, 0.6) is 0 Å². The third-order valence-electron chi connectivity index (χ3n) is 4.00. The molecule has 1 aromatic carbocycles. The molecule has 118 valence electrons. The summed E-state index contributed by atoms with van der Waals surface area (Å²) in [6.07, 6.45) is 1.37.